The van der Waals surface area contributed by atoms with Crippen LogP contribution in [0, 0.1) is 0 Å². The van der Waals surface area contributed by atoms with Crippen LogP contribution in [0.4, 0.5) is 5.82 Å². The number of anilines is 1. The lowest BCUT2D eigenvalue weighted by molar-refractivity contribution is -0.133. The molecule has 0 bridgehead atoms. The molecule has 9 heteroatoms. The zero-order valence-corrected chi connectivity index (χ0v) is 19.1. The maximum absolute atomic E-state index is 13.0. The van der Waals surface area contributed by atoms with Gasteiger partial charge in [-0.15, -0.1) is 0 Å². The molecule has 0 aliphatic carbocycles. The molecule has 0 radical (unpaired) electrons. The second-order valence-electron chi connectivity index (χ2n) is 8.16. The minimum atomic E-state index is -0.304. The first-order chi connectivity index (χ1) is 14.7. The van der Waals surface area contributed by atoms with Crippen LogP contribution >= 0.6 is 11.6 Å². The maximum Gasteiger partial charge on any atom is 0.333 e. The molecular formula is C22H29ClN4O4. The first-order valence-corrected chi connectivity index (χ1v) is 10.9. The first-order valence-electron chi connectivity index (χ1n) is 10.5. The molecule has 1 aliphatic heterocycles. The summed E-state index contributed by atoms with van der Waals surface area (Å²) in [5, 5.41) is 0.607. The summed E-state index contributed by atoms with van der Waals surface area (Å²) in [6.45, 7) is 9.48. The summed E-state index contributed by atoms with van der Waals surface area (Å²) in [5.74, 6) is 1.08. The first kappa shape index (κ1) is 22.9. The van der Waals surface area contributed by atoms with E-state index < -0.39 is 0 Å². The van der Waals surface area contributed by atoms with E-state index in [0.717, 1.165) is 0 Å². The molecule has 1 saturated heterocycles. The number of aromatic nitrogens is 2. The Hall–Kier alpha value is -2.74. The molecule has 1 aliphatic rings. The molecule has 1 aromatic heterocycles. The molecule has 0 spiro atoms. The minimum absolute atomic E-state index is 0.0528. The summed E-state index contributed by atoms with van der Waals surface area (Å²) >= 11 is 5.86. The SMILES string of the molecule is CC(C)n1c(N2CCN(C(=O)COc3ccc(Cl)cc3)CC2)cc(=O)n(C(C)C)c1=O. The summed E-state index contributed by atoms with van der Waals surface area (Å²) in [7, 11) is 0. The van der Waals surface area contributed by atoms with Crippen LogP contribution in [-0.4, -0.2) is 52.7 Å². The van der Waals surface area contributed by atoms with Crippen LogP contribution < -0.4 is 20.9 Å². The Morgan fingerprint density at radius 2 is 1.55 bits per heavy atom. The number of carbonyl (C=O) groups is 1. The van der Waals surface area contributed by atoms with Crippen LogP contribution in [0.1, 0.15) is 39.8 Å². The Morgan fingerprint density at radius 3 is 2.10 bits per heavy atom. The molecule has 0 unspecified atom stereocenters. The van der Waals surface area contributed by atoms with Gasteiger partial charge in [-0.2, -0.15) is 0 Å². The van der Waals surface area contributed by atoms with E-state index in [9.17, 15) is 14.4 Å². The van der Waals surface area contributed by atoms with Gasteiger partial charge in [-0.25, -0.2) is 4.79 Å². The van der Waals surface area contributed by atoms with Gasteiger partial charge in [0.15, 0.2) is 6.61 Å². The second-order valence-corrected chi connectivity index (χ2v) is 8.60. The molecule has 168 valence electrons. The van der Waals surface area contributed by atoms with Gasteiger partial charge in [0.2, 0.25) is 0 Å². The predicted molar refractivity (Wildman–Crippen MR) is 121 cm³/mol. The van der Waals surface area contributed by atoms with Crippen molar-refractivity contribution in [3.63, 3.8) is 0 Å². The average molecular weight is 449 g/mol. The van der Waals surface area contributed by atoms with Gasteiger partial charge in [0.25, 0.3) is 11.5 Å². The van der Waals surface area contributed by atoms with E-state index in [0.29, 0.717) is 42.8 Å². The third kappa shape index (κ3) is 5.12. The number of ether oxygens (including phenoxy) is 1. The highest BCUT2D eigenvalue weighted by Gasteiger charge is 2.25. The Morgan fingerprint density at radius 1 is 0.968 bits per heavy atom. The van der Waals surface area contributed by atoms with Crippen LogP contribution in [0.3, 0.4) is 0 Å². The van der Waals surface area contributed by atoms with Gasteiger partial charge in [0.05, 0.1) is 0 Å². The molecule has 3 rings (SSSR count). The normalized spacial score (nSPS) is 14.4. The molecule has 0 saturated carbocycles. The number of piperazine rings is 1. The fraction of sp³-hybridized carbons (Fsp3) is 0.500. The zero-order chi connectivity index (χ0) is 22.7. The fourth-order valence-corrected chi connectivity index (χ4v) is 3.84. The molecule has 1 fully saturated rings. The quantitative estimate of drug-likeness (QED) is 0.678. The number of rotatable bonds is 6. The summed E-state index contributed by atoms with van der Waals surface area (Å²) in [6.07, 6.45) is 0. The van der Waals surface area contributed by atoms with Crippen molar-refractivity contribution in [3.8, 4) is 5.75 Å². The molecule has 2 heterocycles. The van der Waals surface area contributed by atoms with E-state index >= 15 is 0 Å². The number of halogens is 1. The van der Waals surface area contributed by atoms with Gasteiger partial charge in [-0.1, -0.05) is 11.6 Å². The van der Waals surface area contributed by atoms with Crippen molar-refractivity contribution in [2.45, 2.75) is 39.8 Å². The Bertz CT molecular complexity index is 1030. The molecule has 1 aromatic carbocycles. The number of carbonyl (C=O) groups excluding carboxylic acids is 1. The van der Waals surface area contributed by atoms with Crippen LogP contribution in [0.2, 0.25) is 5.02 Å². The molecule has 31 heavy (non-hydrogen) atoms. The number of nitrogens with zero attached hydrogens (tertiary/aromatic N) is 4. The van der Waals surface area contributed by atoms with E-state index in [4.69, 9.17) is 16.3 Å². The Kier molecular flexibility index (Phi) is 7.10. The van der Waals surface area contributed by atoms with Gasteiger partial charge in [0, 0.05) is 49.4 Å². The van der Waals surface area contributed by atoms with Crippen molar-refractivity contribution in [1.29, 1.82) is 0 Å². The van der Waals surface area contributed by atoms with Gasteiger partial charge in [-0.05, 0) is 52.0 Å². The highest BCUT2D eigenvalue weighted by atomic mass is 35.5. The largest absolute Gasteiger partial charge is 0.484 e. The van der Waals surface area contributed by atoms with Crippen LogP contribution in [0.5, 0.6) is 5.75 Å². The zero-order valence-electron chi connectivity index (χ0n) is 18.4. The predicted octanol–water partition coefficient (Wildman–Crippen LogP) is 2.55. The summed E-state index contributed by atoms with van der Waals surface area (Å²) in [4.78, 5) is 41.8. The molecular weight excluding hydrogens is 420 g/mol. The van der Waals surface area contributed by atoms with Gasteiger partial charge >= 0.3 is 5.69 Å². The smallest absolute Gasteiger partial charge is 0.333 e. The second kappa shape index (κ2) is 9.60. The third-order valence-electron chi connectivity index (χ3n) is 5.31. The van der Waals surface area contributed by atoms with Gasteiger partial charge in [-0.3, -0.25) is 18.7 Å². The Balaban J connectivity index is 1.69. The summed E-state index contributed by atoms with van der Waals surface area (Å²) in [6, 6.07) is 8.08. The molecule has 0 atom stereocenters. The van der Waals surface area contributed by atoms with Gasteiger partial charge < -0.3 is 14.5 Å². The highest BCUT2D eigenvalue weighted by molar-refractivity contribution is 6.30. The van der Waals surface area contributed by atoms with Crippen molar-refractivity contribution >= 4 is 23.3 Å². The number of hydrogen-bond donors (Lipinski definition) is 0. The number of amides is 1. The van der Waals surface area contributed by atoms with Crippen molar-refractivity contribution in [2.24, 2.45) is 0 Å². The van der Waals surface area contributed by atoms with Crippen LogP contribution in [-0.2, 0) is 4.79 Å². The lowest BCUT2D eigenvalue weighted by atomic mass is 10.2. The number of benzene rings is 1. The van der Waals surface area contributed by atoms with Crippen LogP contribution in [0.25, 0.3) is 0 Å². The van der Waals surface area contributed by atoms with E-state index in [1.54, 1.807) is 33.7 Å². The lowest BCUT2D eigenvalue weighted by Crippen LogP contribution is -2.52. The monoisotopic (exact) mass is 448 g/mol. The van der Waals surface area contributed by atoms with E-state index in [1.165, 1.54) is 10.6 Å². The van der Waals surface area contributed by atoms with Gasteiger partial charge in [0.1, 0.15) is 11.6 Å². The maximum atomic E-state index is 13.0. The van der Waals surface area contributed by atoms with Crippen molar-refractivity contribution in [1.82, 2.24) is 14.0 Å². The fourth-order valence-electron chi connectivity index (χ4n) is 3.71. The topological polar surface area (TPSA) is 76.8 Å². The summed E-state index contributed by atoms with van der Waals surface area (Å²) < 4.78 is 8.48. The lowest BCUT2D eigenvalue weighted by Gasteiger charge is -2.37. The third-order valence-corrected chi connectivity index (χ3v) is 5.57. The minimum Gasteiger partial charge on any atom is -0.484 e. The summed E-state index contributed by atoms with van der Waals surface area (Å²) in [5.41, 5.74) is -0.607. The number of hydrogen-bond acceptors (Lipinski definition) is 5. The van der Waals surface area contributed by atoms with E-state index in [1.807, 2.05) is 32.6 Å². The molecule has 8 nitrogen and oxygen atoms in total. The molecule has 2 aromatic rings. The van der Waals surface area contributed by atoms with Crippen LogP contribution in [0.15, 0.2) is 39.9 Å². The van der Waals surface area contributed by atoms with E-state index in [-0.39, 0.29) is 35.8 Å². The molecule has 0 N–H and O–H groups in total. The van der Waals surface area contributed by atoms with E-state index in [2.05, 4.69) is 0 Å². The standard InChI is InChI=1S/C22H29ClN4O4/c1-15(2)26-19(13-20(28)27(16(3)4)22(26)30)24-9-11-25(12-10-24)21(29)14-31-18-7-5-17(23)6-8-18/h5-8,13,15-16H,9-12,14H2,1-4H3. The average Bonchev–Trinajstić information content (AvgIpc) is 2.72. The van der Waals surface area contributed by atoms with Crippen molar-refractivity contribution in [3.05, 3.63) is 56.2 Å². The highest BCUT2D eigenvalue weighted by Crippen LogP contribution is 2.19. The Labute approximate surface area is 186 Å². The van der Waals surface area contributed by atoms with Crippen molar-refractivity contribution in [2.75, 3.05) is 37.7 Å². The van der Waals surface area contributed by atoms with Crippen molar-refractivity contribution < 1.29 is 9.53 Å². The molecule has 1 amide bonds.